The number of carbonyl (C=O) groups excluding carboxylic acids is 2. The molecule has 0 bridgehead atoms. The molecule has 1 rings (SSSR count). The number of rotatable bonds is 6. The molecule has 17 heavy (non-hydrogen) atoms. The van der Waals surface area contributed by atoms with E-state index < -0.39 is 0 Å². The van der Waals surface area contributed by atoms with E-state index >= 15 is 0 Å². The van der Waals surface area contributed by atoms with Gasteiger partial charge in [0.15, 0.2) is 0 Å². The number of nitrogens with zero attached hydrogens (tertiary/aromatic N) is 1. The summed E-state index contributed by atoms with van der Waals surface area (Å²) in [5, 5.41) is 0. The highest BCUT2D eigenvalue weighted by molar-refractivity contribution is 5.77. The third-order valence-electron chi connectivity index (χ3n) is 3.38. The SMILES string of the molecule is COC(=O)CCCN(C)C(=O)CC1(N)CCC1. The molecule has 1 aliphatic rings. The highest BCUT2D eigenvalue weighted by Gasteiger charge is 2.35. The molecular formula is C12H22N2O3. The van der Waals surface area contributed by atoms with Crippen molar-refractivity contribution >= 4 is 11.9 Å². The van der Waals surface area contributed by atoms with Crippen molar-refractivity contribution in [2.75, 3.05) is 20.7 Å². The molecule has 0 spiro atoms. The van der Waals surface area contributed by atoms with Crippen molar-refractivity contribution < 1.29 is 14.3 Å². The van der Waals surface area contributed by atoms with E-state index in [4.69, 9.17) is 5.73 Å². The quantitative estimate of drug-likeness (QED) is 0.695. The minimum Gasteiger partial charge on any atom is -0.469 e. The third kappa shape index (κ3) is 4.34. The van der Waals surface area contributed by atoms with Crippen LogP contribution in [0.2, 0.25) is 0 Å². The fourth-order valence-electron chi connectivity index (χ4n) is 1.93. The van der Waals surface area contributed by atoms with Crippen molar-refractivity contribution in [2.45, 2.75) is 44.1 Å². The molecule has 1 saturated carbocycles. The molecule has 2 N–H and O–H groups in total. The average Bonchev–Trinajstić information content (AvgIpc) is 2.26. The van der Waals surface area contributed by atoms with Crippen LogP contribution in [0.15, 0.2) is 0 Å². The zero-order valence-electron chi connectivity index (χ0n) is 10.7. The first-order valence-corrected chi connectivity index (χ1v) is 6.06. The Hall–Kier alpha value is -1.10. The second-order valence-electron chi connectivity index (χ2n) is 4.89. The number of hydrogen-bond acceptors (Lipinski definition) is 4. The lowest BCUT2D eigenvalue weighted by atomic mass is 9.75. The Balaban J connectivity index is 2.20. The van der Waals surface area contributed by atoms with Crippen LogP contribution in [0.3, 0.4) is 0 Å². The first-order valence-electron chi connectivity index (χ1n) is 6.06. The van der Waals surface area contributed by atoms with Crippen molar-refractivity contribution in [1.82, 2.24) is 4.90 Å². The van der Waals surface area contributed by atoms with E-state index in [2.05, 4.69) is 4.74 Å². The Labute approximate surface area is 102 Å². The van der Waals surface area contributed by atoms with Crippen molar-refractivity contribution in [3.8, 4) is 0 Å². The fraction of sp³-hybridized carbons (Fsp3) is 0.833. The van der Waals surface area contributed by atoms with Crippen molar-refractivity contribution in [1.29, 1.82) is 0 Å². The molecule has 0 aromatic rings. The monoisotopic (exact) mass is 242 g/mol. The zero-order valence-corrected chi connectivity index (χ0v) is 10.7. The number of hydrogen-bond donors (Lipinski definition) is 1. The van der Waals surface area contributed by atoms with E-state index in [9.17, 15) is 9.59 Å². The average molecular weight is 242 g/mol. The van der Waals surface area contributed by atoms with E-state index in [1.807, 2.05) is 0 Å². The third-order valence-corrected chi connectivity index (χ3v) is 3.38. The summed E-state index contributed by atoms with van der Waals surface area (Å²) in [6.07, 6.45) is 4.40. The van der Waals surface area contributed by atoms with Gasteiger partial charge in [-0.05, 0) is 25.7 Å². The van der Waals surface area contributed by atoms with E-state index in [1.54, 1.807) is 11.9 Å². The first kappa shape index (κ1) is 14.0. The molecule has 0 atom stereocenters. The minimum absolute atomic E-state index is 0.0667. The summed E-state index contributed by atoms with van der Waals surface area (Å²) in [6.45, 7) is 0.573. The van der Waals surface area contributed by atoms with Crippen LogP contribution < -0.4 is 5.73 Å². The Bertz CT molecular complexity index is 287. The molecule has 0 aliphatic heterocycles. The summed E-state index contributed by atoms with van der Waals surface area (Å²) >= 11 is 0. The molecule has 5 heteroatoms. The standard InChI is InChI=1S/C12H22N2O3/c1-14(8-3-5-11(16)17-2)10(15)9-12(13)6-4-7-12/h3-9,13H2,1-2H3. The topological polar surface area (TPSA) is 72.6 Å². The summed E-state index contributed by atoms with van der Waals surface area (Å²) < 4.78 is 4.54. The number of amides is 1. The summed E-state index contributed by atoms with van der Waals surface area (Å²) in [5.74, 6) is -0.169. The molecule has 1 aliphatic carbocycles. The normalized spacial score (nSPS) is 17.1. The highest BCUT2D eigenvalue weighted by atomic mass is 16.5. The number of methoxy groups -OCH3 is 1. The second-order valence-corrected chi connectivity index (χ2v) is 4.89. The van der Waals surface area contributed by atoms with Crippen LogP contribution >= 0.6 is 0 Å². The summed E-state index contributed by atoms with van der Waals surface area (Å²) in [6, 6.07) is 0. The summed E-state index contributed by atoms with van der Waals surface area (Å²) in [5.41, 5.74) is 5.75. The molecule has 1 amide bonds. The molecule has 0 heterocycles. The van der Waals surface area contributed by atoms with Gasteiger partial charge in [0.2, 0.25) is 5.91 Å². The lowest BCUT2D eigenvalue weighted by molar-refractivity contribution is -0.141. The molecule has 0 saturated heterocycles. The van der Waals surface area contributed by atoms with Gasteiger partial charge in [-0.2, -0.15) is 0 Å². The molecule has 0 radical (unpaired) electrons. The maximum Gasteiger partial charge on any atom is 0.305 e. The van der Waals surface area contributed by atoms with Crippen LogP contribution in [0.5, 0.6) is 0 Å². The van der Waals surface area contributed by atoms with Gasteiger partial charge in [0.1, 0.15) is 0 Å². The number of ether oxygens (including phenoxy) is 1. The van der Waals surface area contributed by atoms with E-state index in [0.717, 1.165) is 19.3 Å². The number of nitrogens with two attached hydrogens (primary N) is 1. The molecule has 1 fully saturated rings. The Morgan fingerprint density at radius 2 is 2.06 bits per heavy atom. The van der Waals surface area contributed by atoms with E-state index in [0.29, 0.717) is 25.8 Å². The molecule has 0 unspecified atom stereocenters. The maximum absolute atomic E-state index is 11.8. The summed E-state index contributed by atoms with van der Waals surface area (Å²) in [4.78, 5) is 24.4. The van der Waals surface area contributed by atoms with Crippen LogP contribution in [0, 0.1) is 0 Å². The van der Waals surface area contributed by atoms with Gasteiger partial charge in [-0.3, -0.25) is 9.59 Å². The van der Waals surface area contributed by atoms with Gasteiger partial charge in [-0.1, -0.05) is 0 Å². The van der Waals surface area contributed by atoms with Gasteiger partial charge >= 0.3 is 5.97 Å². The fourth-order valence-corrected chi connectivity index (χ4v) is 1.93. The van der Waals surface area contributed by atoms with Crippen LogP contribution in [-0.2, 0) is 14.3 Å². The van der Waals surface area contributed by atoms with Gasteiger partial charge in [0.25, 0.3) is 0 Å². The minimum atomic E-state index is -0.270. The van der Waals surface area contributed by atoms with Gasteiger partial charge in [0.05, 0.1) is 7.11 Å². The second kappa shape index (κ2) is 6.00. The molecule has 0 aromatic heterocycles. The zero-order chi connectivity index (χ0) is 12.9. The maximum atomic E-state index is 11.8. The Kier molecular flexibility index (Phi) is 4.93. The largest absolute Gasteiger partial charge is 0.469 e. The Morgan fingerprint density at radius 1 is 1.41 bits per heavy atom. The predicted molar refractivity (Wildman–Crippen MR) is 64.3 cm³/mol. The molecule has 0 aromatic carbocycles. The van der Waals surface area contributed by atoms with Gasteiger partial charge in [-0.15, -0.1) is 0 Å². The molecule has 5 nitrogen and oxygen atoms in total. The molecule has 98 valence electrons. The van der Waals surface area contributed by atoms with Crippen molar-refractivity contribution in [3.63, 3.8) is 0 Å². The van der Waals surface area contributed by atoms with Gasteiger partial charge < -0.3 is 15.4 Å². The van der Waals surface area contributed by atoms with Crippen molar-refractivity contribution in [3.05, 3.63) is 0 Å². The first-order chi connectivity index (χ1) is 7.97. The van der Waals surface area contributed by atoms with E-state index in [1.165, 1.54) is 7.11 Å². The lowest BCUT2D eigenvalue weighted by Gasteiger charge is -2.38. The van der Waals surface area contributed by atoms with Crippen LogP contribution in [0.25, 0.3) is 0 Å². The number of esters is 1. The van der Waals surface area contributed by atoms with Gasteiger partial charge in [0, 0.05) is 32.0 Å². The van der Waals surface area contributed by atoms with Crippen LogP contribution in [0.1, 0.15) is 38.5 Å². The smallest absolute Gasteiger partial charge is 0.305 e. The van der Waals surface area contributed by atoms with Gasteiger partial charge in [-0.25, -0.2) is 0 Å². The summed E-state index contributed by atoms with van der Waals surface area (Å²) in [7, 11) is 3.12. The Morgan fingerprint density at radius 3 is 2.53 bits per heavy atom. The van der Waals surface area contributed by atoms with Crippen LogP contribution in [-0.4, -0.2) is 43.0 Å². The van der Waals surface area contributed by atoms with Crippen LogP contribution in [0.4, 0.5) is 0 Å². The predicted octanol–water partition coefficient (Wildman–Crippen LogP) is 0.669. The van der Waals surface area contributed by atoms with E-state index in [-0.39, 0.29) is 17.4 Å². The highest BCUT2D eigenvalue weighted by Crippen LogP contribution is 2.32. The lowest BCUT2D eigenvalue weighted by Crippen LogP contribution is -2.50. The van der Waals surface area contributed by atoms with Crippen molar-refractivity contribution in [2.24, 2.45) is 5.73 Å². The number of carbonyl (C=O) groups is 2. The molecular weight excluding hydrogens is 220 g/mol.